The molecule has 0 aromatic carbocycles. The number of pyridine rings is 1. The van der Waals surface area contributed by atoms with Crippen LogP contribution in [0.2, 0.25) is 0 Å². The first-order valence-corrected chi connectivity index (χ1v) is 5.82. The first kappa shape index (κ1) is 13.6. The standard InChI is InChI=1S/C12H12F3NO3/c13-12(14,15)8(11(18)19)6-16-9-3-1-2-7(9)4-5-10(16)17/h4-5,8H,1-3,6H2,(H,18,19). The van der Waals surface area contributed by atoms with E-state index in [1.54, 1.807) is 6.07 Å². The maximum atomic E-state index is 12.6. The number of hydrogen-bond acceptors (Lipinski definition) is 2. The van der Waals surface area contributed by atoms with E-state index in [4.69, 9.17) is 5.11 Å². The summed E-state index contributed by atoms with van der Waals surface area (Å²) >= 11 is 0. The number of aryl methyl sites for hydroxylation is 1. The molecule has 0 amide bonds. The fraction of sp³-hybridized carbons (Fsp3) is 0.500. The predicted molar refractivity (Wildman–Crippen MR) is 59.9 cm³/mol. The van der Waals surface area contributed by atoms with Crippen LogP contribution in [0.5, 0.6) is 0 Å². The van der Waals surface area contributed by atoms with Gasteiger partial charge in [0.1, 0.15) is 0 Å². The van der Waals surface area contributed by atoms with Crippen molar-refractivity contribution >= 4 is 5.97 Å². The lowest BCUT2D eigenvalue weighted by Gasteiger charge is -2.19. The normalized spacial score (nSPS) is 16.2. The molecule has 4 nitrogen and oxygen atoms in total. The van der Waals surface area contributed by atoms with Gasteiger partial charge in [-0.1, -0.05) is 6.07 Å². The molecule has 0 saturated heterocycles. The third kappa shape index (κ3) is 2.64. The average Bonchev–Trinajstić information content (AvgIpc) is 2.73. The highest BCUT2D eigenvalue weighted by atomic mass is 19.4. The summed E-state index contributed by atoms with van der Waals surface area (Å²) in [5.74, 6) is -4.52. The van der Waals surface area contributed by atoms with Gasteiger partial charge >= 0.3 is 12.1 Å². The van der Waals surface area contributed by atoms with Crippen LogP contribution in [0.4, 0.5) is 13.2 Å². The number of carboxylic acids is 1. The third-order valence-electron chi connectivity index (χ3n) is 3.31. The van der Waals surface area contributed by atoms with Gasteiger partial charge in [-0.05, 0) is 24.8 Å². The van der Waals surface area contributed by atoms with Gasteiger partial charge < -0.3 is 9.67 Å². The fourth-order valence-corrected chi connectivity index (χ4v) is 2.34. The van der Waals surface area contributed by atoms with E-state index >= 15 is 0 Å². The second kappa shape index (κ2) is 4.71. The number of aliphatic carboxylic acids is 1. The number of alkyl halides is 3. The molecule has 0 spiro atoms. The van der Waals surface area contributed by atoms with Crippen LogP contribution >= 0.6 is 0 Å². The summed E-state index contributed by atoms with van der Waals surface area (Å²) in [6.45, 7) is -0.860. The van der Waals surface area contributed by atoms with E-state index in [0.717, 1.165) is 16.6 Å². The third-order valence-corrected chi connectivity index (χ3v) is 3.31. The molecule has 1 aromatic heterocycles. The van der Waals surface area contributed by atoms with Crippen molar-refractivity contribution < 1.29 is 23.1 Å². The number of nitrogens with zero attached hydrogens (tertiary/aromatic N) is 1. The number of aromatic nitrogens is 1. The van der Waals surface area contributed by atoms with Crippen LogP contribution in [0, 0.1) is 5.92 Å². The molecule has 0 fully saturated rings. The minimum Gasteiger partial charge on any atom is -0.481 e. The quantitative estimate of drug-likeness (QED) is 0.911. The molecule has 104 valence electrons. The van der Waals surface area contributed by atoms with E-state index < -0.39 is 30.2 Å². The molecule has 1 aromatic rings. The van der Waals surface area contributed by atoms with Crippen molar-refractivity contribution in [2.75, 3.05) is 0 Å². The molecular weight excluding hydrogens is 263 g/mol. The van der Waals surface area contributed by atoms with Crippen LogP contribution in [-0.4, -0.2) is 21.8 Å². The van der Waals surface area contributed by atoms with Crippen molar-refractivity contribution in [3.8, 4) is 0 Å². The first-order valence-electron chi connectivity index (χ1n) is 5.82. The second-order valence-electron chi connectivity index (χ2n) is 4.54. The van der Waals surface area contributed by atoms with Crippen LogP contribution in [0.15, 0.2) is 16.9 Å². The topological polar surface area (TPSA) is 59.3 Å². The highest BCUT2D eigenvalue weighted by Gasteiger charge is 2.45. The van der Waals surface area contributed by atoms with E-state index in [-0.39, 0.29) is 0 Å². The first-order chi connectivity index (χ1) is 8.80. The maximum Gasteiger partial charge on any atom is 0.403 e. The lowest BCUT2D eigenvalue weighted by molar-refractivity contribution is -0.196. The molecule has 1 unspecified atom stereocenters. The molecule has 19 heavy (non-hydrogen) atoms. The van der Waals surface area contributed by atoms with E-state index in [1.165, 1.54) is 6.07 Å². The van der Waals surface area contributed by atoms with Crippen molar-refractivity contribution in [1.82, 2.24) is 4.57 Å². The fourth-order valence-electron chi connectivity index (χ4n) is 2.34. The predicted octanol–water partition coefficient (Wildman–Crippen LogP) is 1.60. The Kier molecular flexibility index (Phi) is 3.38. The van der Waals surface area contributed by atoms with Crippen molar-refractivity contribution in [1.29, 1.82) is 0 Å². The molecule has 0 aliphatic heterocycles. The van der Waals surface area contributed by atoms with Crippen LogP contribution in [0.1, 0.15) is 17.7 Å². The average molecular weight is 275 g/mol. The molecule has 1 aliphatic carbocycles. The number of carbonyl (C=O) groups is 1. The highest BCUT2D eigenvalue weighted by Crippen LogP contribution is 2.29. The molecule has 1 aliphatic rings. The molecule has 1 atom stereocenters. The van der Waals surface area contributed by atoms with Crippen molar-refractivity contribution in [3.05, 3.63) is 33.7 Å². The van der Waals surface area contributed by atoms with Gasteiger partial charge in [0.15, 0.2) is 5.92 Å². The van der Waals surface area contributed by atoms with Gasteiger partial charge in [0.05, 0.1) is 0 Å². The summed E-state index contributed by atoms with van der Waals surface area (Å²) in [6.07, 6.45) is -2.88. The molecule has 0 bridgehead atoms. The Hall–Kier alpha value is -1.79. The van der Waals surface area contributed by atoms with Gasteiger partial charge in [-0.25, -0.2) is 0 Å². The summed E-state index contributed by atoms with van der Waals surface area (Å²) in [5.41, 5.74) is 0.769. The molecular formula is C12H12F3NO3. The van der Waals surface area contributed by atoms with Gasteiger partial charge in [0.2, 0.25) is 0 Å². The van der Waals surface area contributed by atoms with Gasteiger partial charge in [0, 0.05) is 18.3 Å². The van der Waals surface area contributed by atoms with E-state index in [1.807, 2.05) is 0 Å². The Balaban J connectivity index is 2.41. The summed E-state index contributed by atoms with van der Waals surface area (Å²) in [4.78, 5) is 22.4. The molecule has 1 heterocycles. The van der Waals surface area contributed by atoms with Gasteiger partial charge in [-0.3, -0.25) is 9.59 Å². The van der Waals surface area contributed by atoms with Gasteiger partial charge in [-0.2, -0.15) is 13.2 Å². The maximum absolute atomic E-state index is 12.6. The Morgan fingerprint density at radius 1 is 1.37 bits per heavy atom. The van der Waals surface area contributed by atoms with Crippen molar-refractivity contribution in [3.63, 3.8) is 0 Å². The van der Waals surface area contributed by atoms with Crippen molar-refractivity contribution in [2.24, 2.45) is 5.92 Å². The zero-order chi connectivity index (χ0) is 14.2. The zero-order valence-corrected chi connectivity index (χ0v) is 9.91. The molecule has 2 rings (SSSR count). The summed E-state index contributed by atoms with van der Waals surface area (Å²) in [6, 6.07) is 2.80. The zero-order valence-electron chi connectivity index (χ0n) is 9.91. The molecule has 7 heteroatoms. The molecule has 0 saturated carbocycles. The number of halogens is 3. The minimum absolute atomic E-state index is 0.510. The Morgan fingerprint density at radius 3 is 2.63 bits per heavy atom. The Morgan fingerprint density at radius 2 is 2.05 bits per heavy atom. The minimum atomic E-state index is -4.87. The number of rotatable bonds is 3. The Bertz CT molecular complexity index is 562. The van der Waals surface area contributed by atoms with Crippen LogP contribution < -0.4 is 5.56 Å². The number of fused-ring (bicyclic) bond motifs is 1. The summed E-state index contributed by atoms with van der Waals surface area (Å²) in [5, 5.41) is 8.67. The van der Waals surface area contributed by atoms with Crippen LogP contribution in [-0.2, 0) is 24.2 Å². The summed E-state index contributed by atoms with van der Waals surface area (Å²) < 4.78 is 38.9. The SMILES string of the molecule is O=C(O)C(Cn1c2c(ccc1=O)CCC2)C(F)(F)F. The van der Waals surface area contributed by atoms with E-state index in [0.29, 0.717) is 18.5 Å². The lowest BCUT2D eigenvalue weighted by atomic mass is 10.1. The molecule has 0 radical (unpaired) electrons. The van der Waals surface area contributed by atoms with Crippen LogP contribution in [0.3, 0.4) is 0 Å². The van der Waals surface area contributed by atoms with Crippen molar-refractivity contribution in [2.45, 2.75) is 32.0 Å². The second-order valence-corrected chi connectivity index (χ2v) is 4.54. The van der Waals surface area contributed by atoms with E-state index in [2.05, 4.69) is 0 Å². The van der Waals surface area contributed by atoms with Crippen LogP contribution in [0.25, 0.3) is 0 Å². The monoisotopic (exact) mass is 275 g/mol. The van der Waals surface area contributed by atoms with Gasteiger partial charge in [-0.15, -0.1) is 0 Å². The number of hydrogen-bond donors (Lipinski definition) is 1. The number of carboxylic acid groups (broad SMARTS) is 1. The lowest BCUT2D eigenvalue weighted by Crippen LogP contribution is -2.38. The smallest absolute Gasteiger partial charge is 0.403 e. The van der Waals surface area contributed by atoms with Gasteiger partial charge in [0.25, 0.3) is 5.56 Å². The van der Waals surface area contributed by atoms with E-state index in [9.17, 15) is 22.8 Å². The highest BCUT2D eigenvalue weighted by molar-refractivity contribution is 5.70. The Labute approximate surface area is 106 Å². The largest absolute Gasteiger partial charge is 0.481 e. The molecule has 1 N–H and O–H groups in total. The summed E-state index contributed by atoms with van der Waals surface area (Å²) in [7, 11) is 0.